The summed E-state index contributed by atoms with van der Waals surface area (Å²) < 4.78 is 0. The molecule has 0 radical (unpaired) electrons. The number of benzene rings is 1. The van der Waals surface area contributed by atoms with Gasteiger partial charge in [-0.3, -0.25) is 14.9 Å². The molecule has 86 valence electrons. The van der Waals surface area contributed by atoms with Gasteiger partial charge in [0.05, 0.1) is 4.92 Å². The van der Waals surface area contributed by atoms with Gasteiger partial charge in [0.15, 0.2) is 0 Å². The fraction of sp³-hybridized carbons (Fsp3) is 0. The highest BCUT2D eigenvalue weighted by atomic mass is 16.6. The lowest BCUT2D eigenvalue weighted by atomic mass is 10.1. The van der Waals surface area contributed by atoms with Gasteiger partial charge in [0.1, 0.15) is 0 Å². The molecular formula is C11H9N3O3. The van der Waals surface area contributed by atoms with Crippen molar-refractivity contribution in [1.82, 2.24) is 4.98 Å². The Labute approximate surface area is 95.9 Å². The third kappa shape index (κ3) is 2.15. The zero-order valence-corrected chi connectivity index (χ0v) is 8.71. The maximum absolute atomic E-state index is 11.2. The number of anilines is 1. The number of aromatic nitrogens is 1. The van der Waals surface area contributed by atoms with Crippen molar-refractivity contribution in [3.8, 4) is 11.1 Å². The molecule has 0 aliphatic carbocycles. The fourth-order valence-electron chi connectivity index (χ4n) is 1.45. The number of hydrogen-bond acceptors (Lipinski definition) is 4. The fourth-order valence-corrected chi connectivity index (χ4v) is 1.45. The first-order valence-corrected chi connectivity index (χ1v) is 4.81. The SMILES string of the molecule is Nc1ccc(-c2c[nH]c(=O)c([N+](=O)[O-])c2)cc1. The lowest BCUT2D eigenvalue weighted by Gasteiger charge is -2.01. The van der Waals surface area contributed by atoms with E-state index in [1.54, 1.807) is 24.3 Å². The van der Waals surface area contributed by atoms with Crippen LogP contribution in [0.3, 0.4) is 0 Å². The van der Waals surface area contributed by atoms with E-state index in [-0.39, 0.29) is 0 Å². The highest BCUT2D eigenvalue weighted by molar-refractivity contribution is 5.66. The molecule has 2 rings (SSSR count). The van der Waals surface area contributed by atoms with E-state index in [2.05, 4.69) is 4.98 Å². The van der Waals surface area contributed by atoms with Crippen LogP contribution in [0.15, 0.2) is 41.3 Å². The van der Waals surface area contributed by atoms with Crippen molar-refractivity contribution in [3.05, 3.63) is 57.0 Å². The molecule has 0 atom stereocenters. The van der Waals surface area contributed by atoms with Gasteiger partial charge in [0, 0.05) is 23.5 Å². The van der Waals surface area contributed by atoms with Gasteiger partial charge >= 0.3 is 11.2 Å². The molecule has 2 aromatic rings. The molecular weight excluding hydrogens is 222 g/mol. The molecule has 6 heteroatoms. The zero-order valence-electron chi connectivity index (χ0n) is 8.71. The topological polar surface area (TPSA) is 102 Å². The summed E-state index contributed by atoms with van der Waals surface area (Å²) in [7, 11) is 0. The molecule has 0 amide bonds. The zero-order chi connectivity index (χ0) is 12.4. The molecule has 1 aromatic carbocycles. The summed E-state index contributed by atoms with van der Waals surface area (Å²) in [5, 5.41) is 10.6. The summed E-state index contributed by atoms with van der Waals surface area (Å²) in [6.07, 6.45) is 1.43. The smallest absolute Gasteiger partial charge is 0.334 e. The van der Waals surface area contributed by atoms with Gasteiger partial charge in [-0.2, -0.15) is 0 Å². The lowest BCUT2D eigenvalue weighted by molar-refractivity contribution is -0.386. The molecule has 0 aliphatic rings. The number of nitro groups is 1. The van der Waals surface area contributed by atoms with E-state index in [1.165, 1.54) is 12.3 Å². The number of nitrogens with one attached hydrogen (secondary N) is 1. The average Bonchev–Trinajstić information content (AvgIpc) is 2.30. The summed E-state index contributed by atoms with van der Waals surface area (Å²) in [4.78, 5) is 23.4. The minimum atomic E-state index is -0.714. The first-order valence-electron chi connectivity index (χ1n) is 4.81. The van der Waals surface area contributed by atoms with Gasteiger partial charge in [0.25, 0.3) is 0 Å². The van der Waals surface area contributed by atoms with Crippen molar-refractivity contribution in [3.63, 3.8) is 0 Å². The highest BCUT2D eigenvalue weighted by Gasteiger charge is 2.13. The van der Waals surface area contributed by atoms with Crippen molar-refractivity contribution in [2.75, 3.05) is 5.73 Å². The second kappa shape index (κ2) is 4.09. The third-order valence-electron chi connectivity index (χ3n) is 2.32. The van der Waals surface area contributed by atoms with E-state index >= 15 is 0 Å². The molecule has 0 unspecified atom stereocenters. The van der Waals surface area contributed by atoms with Crippen molar-refractivity contribution in [2.45, 2.75) is 0 Å². The summed E-state index contributed by atoms with van der Waals surface area (Å²) in [6.45, 7) is 0. The molecule has 0 fully saturated rings. The Morgan fingerprint density at radius 2 is 1.82 bits per heavy atom. The molecule has 0 spiro atoms. The second-order valence-electron chi connectivity index (χ2n) is 3.48. The van der Waals surface area contributed by atoms with Gasteiger partial charge in [-0.05, 0) is 17.7 Å². The maximum atomic E-state index is 11.2. The van der Waals surface area contributed by atoms with Crippen LogP contribution in [0.5, 0.6) is 0 Å². The number of H-pyrrole nitrogens is 1. The molecule has 0 aliphatic heterocycles. The normalized spacial score (nSPS) is 10.1. The minimum absolute atomic E-state index is 0.473. The average molecular weight is 231 g/mol. The quantitative estimate of drug-likeness (QED) is 0.464. The van der Waals surface area contributed by atoms with Crippen LogP contribution in [-0.2, 0) is 0 Å². The maximum Gasteiger partial charge on any atom is 0.334 e. The Morgan fingerprint density at radius 3 is 2.41 bits per heavy atom. The summed E-state index contributed by atoms with van der Waals surface area (Å²) >= 11 is 0. The van der Waals surface area contributed by atoms with Crippen molar-refractivity contribution >= 4 is 11.4 Å². The summed E-state index contributed by atoms with van der Waals surface area (Å²) in [5.74, 6) is 0. The molecule has 3 N–H and O–H groups in total. The number of nitrogens with two attached hydrogens (primary N) is 1. The Morgan fingerprint density at radius 1 is 1.18 bits per heavy atom. The molecule has 0 bridgehead atoms. The Balaban J connectivity index is 2.53. The molecule has 6 nitrogen and oxygen atoms in total. The van der Waals surface area contributed by atoms with Gasteiger partial charge in [-0.15, -0.1) is 0 Å². The standard InChI is InChI=1S/C11H9N3O3/c12-9-3-1-7(2-4-9)8-5-10(14(16)17)11(15)13-6-8/h1-6H,12H2,(H,13,15). The van der Waals surface area contributed by atoms with Crippen LogP contribution >= 0.6 is 0 Å². The third-order valence-corrected chi connectivity index (χ3v) is 2.32. The van der Waals surface area contributed by atoms with Crippen LogP contribution in [0.4, 0.5) is 11.4 Å². The number of aromatic amines is 1. The predicted octanol–water partition coefficient (Wildman–Crippen LogP) is 1.53. The van der Waals surface area contributed by atoms with E-state index < -0.39 is 16.2 Å². The van der Waals surface area contributed by atoms with E-state index in [0.29, 0.717) is 11.3 Å². The van der Waals surface area contributed by atoms with E-state index in [0.717, 1.165) is 5.56 Å². The summed E-state index contributed by atoms with van der Waals surface area (Å²) in [5.41, 5.74) is 6.27. The van der Waals surface area contributed by atoms with Gasteiger partial charge in [-0.1, -0.05) is 12.1 Å². The Bertz CT molecular complexity index is 617. The first kappa shape index (κ1) is 10.9. The van der Waals surface area contributed by atoms with Gasteiger partial charge in [0.2, 0.25) is 0 Å². The number of rotatable bonds is 2. The Hall–Kier alpha value is -2.63. The Kier molecular flexibility index (Phi) is 2.61. The van der Waals surface area contributed by atoms with Crippen LogP contribution in [-0.4, -0.2) is 9.91 Å². The van der Waals surface area contributed by atoms with Crippen LogP contribution in [0.25, 0.3) is 11.1 Å². The summed E-state index contributed by atoms with van der Waals surface area (Å²) in [6, 6.07) is 8.07. The molecule has 1 aromatic heterocycles. The molecule has 0 saturated carbocycles. The van der Waals surface area contributed by atoms with E-state index in [4.69, 9.17) is 5.73 Å². The number of pyridine rings is 1. The monoisotopic (exact) mass is 231 g/mol. The van der Waals surface area contributed by atoms with Crippen molar-refractivity contribution < 1.29 is 4.92 Å². The number of nitrogen functional groups attached to an aromatic ring is 1. The lowest BCUT2D eigenvalue weighted by Crippen LogP contribution is -2.10. The van der Waals surface area contributed by atoms with Crippen LogP contribution in [0.2, 0.25) is 0 Å². The van der Waals surface area contributed by atoms with Crippen LogP contribution in [0, 0.1) is 10.1 Å². The minimum Gasteiger partial charge on any atom is -0.399 e. The number of nitrogens with zero attached hydrogens (tertiary/aromatic N) is 1. The first-order chi connectivity index (χ1) is 8.08. The molecule has 0 saturated heterocycles. The molecule has 17 heavy (non-hydrogen) atoms. The molecule has 1 heterocycles. The number of hydrogen-bond donors (Lipinski definition) is 2. The van der Waals surface area contributed by atoms with Crippen LogP contribution in [0.1, 0.15) is 0 Å². The van der Waals surface area contributed by atoms with E-state index in [9.17, 15) is 14.9 Å². The second-order valence-corrected chi connectivity index (χ2v) is 3.48. The largest absolute Gasteiger partial charge is 0.399 e. The van der Waals surface area contributed by atoms with E-state index in [1.807, 2.05) is 0 Å². The van der Waals surface area contributed by atoms with Crippen LogP contribution < -0.4 is 11.3 Å². The van der Waals surface area contributed by atoms with Gasteiger partial charge in [-0.25, -0.2) is 0 Å². The van der Waals surface area contributed by atoms with Crippen molar-refractivity contribution in [1.29, 1.82) is 0 Å². The van der Waals surface area contributed by atoms with Gasteiger partial charge < -0.3 is 10.7 Å². The van der Waals surface area contributed by atoms with Crippen molar-refractivity contribution in [2.24, 2.45) is 0 Å². The predicted molar refractivity (Wildman–Crippen MR) is 63.6 cm³/mol. The highest BCUT2D eigenvalue weighted by Crippen LogP contribution is 2.21.